The van der Waals surface area contributed by atoms with E-state index in [1.165, 1.54) is 11.3 Å². The van der Waals surface area contributed by atoms with Crippen molar-refractivity contribution >= 4 is 11.4 Å². The lowest BCUT2D eigenvalue weighted by atomic mass is 9.90. The first-order chi connectivity index (χ1) is 6.88. The lowest BCUT2D eigenvalue weighted by Crippen LogP contribution is -2.10. The van der Waals surface area contributed by atoms with Crippen LogP contribution in [0, 0.1) is 12.3 Å². The van der Waals surface area contributed by atoms with Gasteiger partial charge in [0.05, 0.1) is 5.69 Å². The van der Waals surface area contributed by atoms with Gasteiger partial charge in [-0.25, -0.2) is 0 Å². The minimum Gasteiger partial charge on any atom is -0.258 e. The van der Waals surface area contributed by atoms with Gasteiger partial charge in [-0.1, -0.05) is 39.0 Å². The number of hydrogen-bond acceptors (Lipinski definition) is 1. The van der Waals surface area contributed by atoms with Crippen molar-refractivity contribution in [2.75, 3.05) is 0 Å². The van der Waals surface area contributed by atoms with Crippen LogP contribution in [0.2, 0.25) is 0 Å². The van der Waals surface area contributed by atoms with Crippen LogP contribution >= 0.6 is 0 Å². The summed E-state index contributed by atoms with van der Waals surface area (Å²) in [5, 5.41) is 0. The molecule has 82 valence electrons. The second-order valence-corrected chi connectivity index (χ2v) is 5.37. The van der Waals surface area contributed by atoms with Crippen LogP contribution in [0.3, 0.4) is 0 Å². The maximum Gasteiger partial charge on any atom is 0.0658 e. The summed E-state index contributed by atoms with van der Waals surface area (Å²) in [6, 6.07) is 8.26. The zero-order chi connectivity index (χ0) is 11.5. The van der Waals surface area contributed by atoms with Gasteiger partial charge in [0.15, 0.2) is 0 Å². The van der Waals surface area contributed by atoms with Crippen molar-refractivity contribution in [1.29, 1.82) is 0 Å². The predicted octanol–water partition coefficient (Wildman–Crippen LogP) is 4.52. The van der Waals surface area contributed by atoms with Gasteiger partial charge in [-0.05, 0) is 37.3 Å². The van der Waals surface area contributed by atoms with Crippen molar-refractivity contribution < 1.29 is 0 Å². The topological polar surface area (TPSA) is 12.4 Å². The summed E-state index contributed by atoms with van der Waals surface area (Å²) < 4.78 is 0. The number of benzene rings is 1. The van der Waals surface area contributed by atoms with Gasteiger partial charge in [-0.3, -0.25) is 4.99 Å². The summed E-state index contributed by atoms with van der Waals surface area (Å²) in [5.41, 5.74) is 3.86. The van der Waals surface area contributed by atoms with Crippen LogP contribution < -0.4 is 0 Å². The number of aryl methyl sites for hydroxylation is 1. The molecule has 1 heteroatoms. The fourth-order valence-corrected chi connectivity index (χ4v) is 1.70. The molecule has 0 atom stereocenters. The van der Waals surface area contributed by atoms with Crippen molar-refractivity contribution in [1.82, 2.24) is 0 Å². The molecular weight excluding hydrogens is 182 g/mol. The van der Waals surface area contributed by atoms with Crippen LogP contribution in [0.5, 0.6) is 0 Å². The van der Waals surface area contributed by atoms with Crippen LogP contribution in [0.25, 0.3) is 0 Å². The van der Waals surface area contributed by atoms with Gasteiger partial charge in [0, 0.05) is 5.71 Å². The first-order valence-electron chi connectivity index (χ1n) is 5.48. The fraction of sp³-hybridized carbons (Fsp3) is 0.500. The Labute approximate surface area is 93.2 Å². The monoisotopic (exact) mass is 203 g/mol. The van der Waals surface area contributed by atoms with Crippen LogP contribution in [0.4, 0.5) is 5.69 Å². The molecule has 0 unspecified atom stereocenters. The molecule has 0 aliphatic carbocycles. The zero-order valence-electron chi connectivity index (χ0n) is 10.5. The molecule has 15 heavy (non-hydrogen) atoms. The fourth-order valence-electron chi connectivity index (χ4n) is 1.70. The molecule has 0 aliphatic rings. The zero-order valence-corrected chi connectivity index (χ0v) is 10.5. The second-order valence-electron chi connectivity index (χ2n) is 5.37. The molecule has 0 heterocycles. The number of hydrogen-bond donors (Lipinski definition) is 0. The van der Waals surface area contributed by atoms with Gasteiger partial charge >= 0.3 is 0 Å². The van der Waals surface area contributed by atoms with Gasteiger partial charge in [-0.15, -0.1) is 0 Å². The summed E-state index contributed by atoms with van der Waals surface area (Å²) in [4.78, 5) is 4.66. The summed E-state index contributed by atoms with van der Waals surface area (Å²) >= 11 is 0. The summed E-state index contributed by atoms with van der Waals surface area (Å²) in [6.07, 6.45) is 1.04. The molecule has 0 aromatic heterocycles. The quantitative estimate of drug-likeness (QED) is 0.626. The van der Waals surface area contributed by atoms with E-state index < -0.39 is 0 Å². The van der Waals surface area contributed by atoms with E-state index in [1.807, 2.05) is 12.1 Å². The van der Waals surface area contributed by atoms with E-state index in [4.69, 9.17) is 0 Å². The average Bonchev–Trinajstić information content (AvgIpc) is 2.05. The lowest BCUT2D eigenvalue weighted by Gasteiger charge is -2.17. The van der Waals surface area contributed by atoms with E-state index in [9.17, 15) is 0 Å². The molecule has 0 saturated heterocycles. The molecule has 0 fully saturated rings. The highest BCUT2D eigenvalue weighted by atomic mass is 14.7. The smallest absolute Gasteiger partial charge is 0.0658 e. The van der Waals surface area contributed by atoms with E-state index in [1.54, 1.807) is 0 Å². The Morgan fingerprint density at radius 2 is 1.80 bits per heavy atom. The third-order valence-corrected chi connectivity index (χ3v) is 2.21. The molecule has 1 aromatic rings. The molecule has 0 aliphatic heterocycles. The normalized spacial score (nSPS) is 13.0. The number of rotatable bonds is 2. The van der Waals surface area contributed by atoms with Gasteiger partial charge in [0.25, 0.3) is 0 Å². The second kappa shape index (κ2) is 4.61. The number of nitrogens with zero attached hydrogens (tertiary/aromatic N) is 1. The maximum atomic E-state index is 4.66. The third kappa shape index (κ3) is 4.28. The largest absolute Gasteiger partial charge is 0.258 e. The maximum absolute atomic E-state index is 4.66. The standard InChI is InChI=1S/C14H21N/c1-11-8-6-7-9-13(11)15-12(2)10-14(3,4)5/h6-9H,10H2,1-5H3/b15-12+. The molecule has 0 bridgehead atoms. The molecule has 1 aromatic carbocycles. The molecule has 1 rings (SSSR count). The molecule has 1 nitrogen and oxygen atoms in total. The molecule has 0 saturated carbocycles. The Balaban J connectivity index is 2.84. The highest BCUT2D eigenvalue weighted by Crippen LogP contribution is 2.23. The van der Waals surface area contributed by atoms with Gasteiger partial charge in [0.1, 0.15) is 0 Å². The van der Waals surface area contributed by atoms with Crippen LogP contribution in [-0.4, -0.2) is 5.71 Å². The molecule has 0 radical (unpaired) electrons. The van der Waals surface area contributed by atoms with E-state index in [0.717, 1.165) is 12.1 Å². The van der Waals surface area contributed by atoms with E-state index in [2.05, 4.69) is 51.7 Å². The third-order valence-electron chi connectivity index (χ3n) is 2.21. The van der Waals surface area contributed by atoms with E-state index >= 15 is 0 Å². The first kappa shape index (κ1) is 12.0. The van der Waals surface area contributed by atoms with Crippen LogP contribution in [0.15, 0.2) is 29.3 Å². The van der Waals surface area contributed by atoms with Gasteiger partial charge < -0.3 is 0 Å². The summed E-state index contributed by atoms with van der Waals surface area (Å²) in [7, 11) is 0. The Morgan fingerprint density at radius 1 is 1.20 bits per heavy atom. The first-order valence-corrected chi connectivity index (χ1v) is 5.48. The number of aliphatic imine (C=N–C) groups is 1. The Hall–Kier alpha value is -1.11. The minimum absolute atomic E-state index is 0.316. The van der Waals surface area contributed by atoms with Crippen molar-refractivity contribution in [2.24, 2.45) is 10.4 Å². The van der Waals surface area contributed by atoms with Crippen LogP contribution in [0.1, 0.15) is 39.7 Å². The SMILES string of the molecule is C/C(CC(C)(C)C)=N\c1ccccc1C. The van der Waals surface area contributed by atoms with Crippen LogP contribution in [-0.2, 0) is 0 Å². The van der Waals surface area contributed by atoms with Gasteiger partial charge in [0.2, 0.25) is 0 Å². The van der Waals surface area contributed by atoms with Gasteiger partial charge in [-0.2, -0.15) is 0 Å². The van der Waals surface area contributed by atoms with Crippen molar-refractivity contribution in [2.45, 2.75) is 41.0 Å². The highest BCUT2D eigenvalue weighted by Gasteiger charge is 2.11. The molecular formula is C14H21N. The Bertz CT molecular complexity index is 356. The number of para-hydroxylation sites is 1. The molecule has 0 amide bonds. The summed E-state index contributed by atoms with van der Waals surface area (Å²) in [6.45, 7) is 10.9. The van der Waals surface area contributed by atoms with E-state index in [0.29, 0.717) is 5.41 Å². The highest BCUT2D eigenvalue weighted by molar-refractivity contribution is 5.85. The van der Waals surface area contributed by atoms with Crippen molar-refractivity contribution in [3.8, 4) is 0 Å². The minimum atomic E-state index is 0.316. The van der Waals surface area contributed by atoms with Crippen molar-refractivity contribution in [3.05, 3.63) is 29.8 Å². The van der Waals surface area contributed by atoms with Crippen molar-refractivity contribution in [3.63, 3.8) is 0 Å². The average molecular weight is 203 g/mol. The van der Waals surface area contributed by atoms with E-state index in [-0.39, 0.29) is 0 Å². The molecule has 0 N–H and O–H groups in total. The Kier molecular flexibility index (Phi) is 3.67. The lowest BCUT2D eigenvalue weighted by molar-refractivity contribution is 0.433. The summed E-state index contributed by atoms with van der Waals surface area (Å²) in [5.74, 6) is 0. The molecule has 0 spiro atoms. The predicted molar refractivity (Wildman–Crippen MR) is 68.0 cm³/mol. The Morgan fingerprint density at radius 3 is 2.33 bits per heavy atom.